The molecule has 106 valence electrons. The first-order valence-electron chi connectivity index (χ1n) is 7.39. The van der Waals surface area contributed by atoms with Gasteiger partial charge in [-0.1, -0.05) is 32.4 Å². The highest BCUT2D eigenvalue weighted by Crippen LogP contribution is 2.26. The summed E-state index contributed by atoms with van der Waals surface area (Å²) in [5.41, 5.74) is 1.83. The van der Waals surface area contributed by atoms with Gasteiger partial charge in [0.15, 0.2) is 0 Å². The highest BCUT2D eigenvalue weighted by Gasteiger charge is 2.17. The van der Waals surface area contributed by atoms with Crippen LogP contribution in [-0.4, -0.2) is 11.5 Å². The molecule has 2 nitrogen and oxygen atoms in total. The Morgan fingerprint density at radius 1 is 1.32 bits per heavy atom. The Kier molecular flexibility index (Phi) is 5.17. The zero-order valence-corrected chi connectivity index (χ0v) is 13.3. The zero-order chi connectivity index (χ0) is 13.7. The van der Waals surface area contributed by atoms with E-state index in [1.165, 1.54) is 42.0 Å². The number of aromatic nitrogens is 1. The van der Waals surface area contributed by atoms with Crippen LogP contribution in [0.5, 0.6) is 0 Å². The minimum atomic E-state index is 0.176. The minimum Gasteiger partial charge on any atom is -0.311 e. The molecule has 1 N–H and O–H groups in total. The Labute approximate surface area is 121 Å². The first kappa shape index (κ1) is 14.7. The van der Waals surface area contributed by atoms with Gasteiger partial charge in [0.05, 0.1) is 5.01 Å². The molecule has 0 unspecified atom stereocenters. The molecule has 2 rings (SSSR count). The SMILES string of the molecule is CC(C)(C)c1ncc(CNCCC2=CCCCC2)s1. The van der Waals surface area contributed by atoms with E-state index in [2.05, 4.69) is 37.1 Å². The number of rotatable bonds is 5. The van der Waals surface area contributed by atoms with E-state index in [1.54, 1.807) is 5.57 Å². The lowest BCUT2D eigenvalue weighted by molar-refractivity contribution is 0.585. The van der Waals surface area contributed by atoms with Crippen molar-refractivity contribution in [3.8, 4) is 0 Å². The van der Waals surface area contributed by atoms with E-state index in [1.807, 2.05) is 17.5 Å². The summed E-state index contributed by atoms with van der Waals surface area (Å²) in [4.78, 5) is 5.87. The molecule has 0 spiro atoms. The molecule has 0 saturated heterocycles. The fraction of sp³-hybridized carbons (Fsp3) is 0.688. The summed E-state index contributed by atoms with van der Waals surface area (Å²) in [5.74, 6) is 0. The van der Waals surface area contributed by atoms with Crippen molar-refractivity contribution in [2.45, 2.75) is 64.8 Å². The third kappa shape index (κ3) is 4.73. The molecule has 0 bridgehead atoms. The van der Waals surface area contributed by atoms with Gasteiger partial charge in [-0.05, 0) is 38.6 Å². The van der Waals surface area contributed by atoms with Gasteiger partial charge < -0.3 is 5.32 Å². The minimum absolute atomic E-state index is 0.176. The molecule has 0 aliphatic heterocycles. The van der Waals surface area contributed by atoms with Crippen LogP contribution in [0.4, 0.5) is 0 Å². The van der Waals surface area contributed by atoms with Crippen LogP contribution < -0.4 is 5.32 Å². The molecule has 1 aliphatic rings. The van der Waals surface area contributed by atoms with E-state index < -0.39 is 0 Å². The second kappa shape index (κ2) is 6.67. The molecule has 1 heterocycles. The number of hydrogen-bond acceptors (Lipinski definition) is 3. The Morgan fingerprint density at radius 3 is 2.79 bits per heavy atom. The summed E-state index contributed by atoms with van der Waals surface area (Å²) in [6, 6.07) is 0. The summed E-state index contributed by atoms with van der Waals surface area (Å²) in [6.07, 6.45) is 11.1. The molecular weight excluding hydrogens is 252 g/mol. The van der Waals surface area contributed by atoms with Gasteiger partial charge in [0.1, 0.15) is 0 Å². The monoisotopic (exact) mass is 278 g/mol. The molecule has 0 radical (unpaired) electrons. The first-order chi connectivity index (χ1) is 9.05. The summed E-state index contributed by atoms with van der Waals surface area (Å²) in [6.45, 7) is 8.71. The van der Waals surface area contributed by atoms with Crippen molar-refractivity contribution in [1.29, 1.82) is 0 Å². The van der Waals surface area contributed by atoms with Crippen LogP contribution in [-0.2, 0) is 12.0 Å². The first-order valence-corrected chi connectivity index (χ1v) is 8.21. The Morgan fingerprint density at radius 2 is 2.16 bits per heavy atom. The molecule has 1 aromatic rings. The van der Waals surface area contributed by atoms with Gasteiger partial charge in [0.25, 0.3) is 0 Å². The van der Waals surface area contributed by atoms with Crippen LogP contribution in [0.25, 0.3) is 0 Å². The molecule has 1 aromatic heterocycles. The van der Waals surface area contributed by atoms with Crippen LogP contribution in [0.3, 0.4) is 0 Å². The topological polar surface area (TPSA) is 24.9 Å². The second-order valence-corrected chi connectivity index (χ2v) is 7.53. The highest BCUT2D eigenvalue weighted by atomic mass is 32.1. The lowest BCUT2D eigenvalue weighted by atomic mass is 9.97. The Balaban J connectivity index is 1.71. The van der Waals surface area contributed by atoms with Crippen molar-refractivity contribution < 1.29 is 0 Å². The van der Waals surface area contributed by atoms with E-state index >= 15 is 0 Å². The zero-order valence-electron chi connectivity index (χ0n) is 12.5. The number of hydrogen-bond donors (Lipinski definition) is 1. The van der Waals surface area contributed by atoms with E-state index in [0.29, 0.717) is 0 Å². The summed E-state index contributed by atoms with van der Waals surface area (Å²) in [7, 11) is 0. The van der Waals surface area contributed by atoms with Crippen LogP contribution >= 0.6 is 11.3 Å². The Hall–Kier alpha value is -0.670. The van der Waals surface area contributed by atoms with Gasteiger partial charge in [-0.15, -0.1) is 11.3 Å². The fourth-order valence-electron chi connectivity index (χ4n) is 2.33. The van der Waals surface area contributed by atoms with Crippen LogP contribution in [0.15, 0.2) is 17.8 Å². The predicted molar refractivity (Wildman–Crippen MR) is 83.7 cm³/mol. The molecule has 3 heteroatoms. The van der Waals surface area contributed by atoms with Crippen molar-refractivity contribution in [3.63, 3.8) is 0 Å². The van der Waals surface area contributed by atoms with Crippen molar-refractivity contribution in [1.82, 2.24) is 10.3 Å². The average Bonchev–Trinajstić information content (AvgIpc) is 2.85. The average molecular weight is 278 g/mol. The fourth-order valence-corrected chi connectivity index (χ4v) is 3.27. The summed E-state index contributed by atoms with van der Waals surface area (Å²) in [5, 5.41) is 4.78. The third-order valence-corrected chi connectivity index (χ3v) is 4.93. The molecule has 0 aromatic carbocycles. The maximum atomic E-state index is 4.52. The van der Waals surface area contributed by atoms with Crippen molar-refractivity contribution >= 4 is 11.3 Å². The summed E-state index contributed by atoms with van der Waals surface area (Å²) < 4.78 is 0. The lowest BCUT2D eigenvalue weighted by Crippen LogP contribution is -2.15. The van der Waals surface area contributed by atoms with Crippen LogP contribution in [0, 0.1) is 0 Å². The van der Waals surface area contributed by atoms with Gasteiger partial charge in [-0.2, -0.15) is 0 Å². The highest BCUT2D eigenvalue weighted by molar-refractivity contribution is 7.11. The van der Waals surface area contributed by atoms with Gasteiger partial charge >= 0.3 is 0 Å². The normalized spacial score (nSPS) is 16.5. The second-order valence-electron chi connectivity index (χ2n) is 6.42. The van der Waals surface area contributed by atoms with Crippen molar-refractivity contribution in [3.05, 3.63) is 27.7 Å². The number of allylic oxidation sites excluding steroid dienone is 1. The summed E-state index contributed by atoms with van der Waals surface area (Å²) >= 11 is 1.84. The number of thiazole rings is 1. The van der Waals surface area contributed by atoms with Gasteiger partial charge in [-0.25, -0.2) is 4.98 Å². The Bertz CT molecular complexity index is 426. The van der Waals surface area contributed by atoms with E-state index in [-0.39, 0.29) is 5.41 Å². The molecule has 0 amide bonds. The van der Waals surface area contributed by atoms with Gasteiger partial charge in [0, 0.05) is 23.0 Å². The van der Waals surface area contributed by atoms with Crippen LogP contribution in [0.2, 0.25) is 0 Å². The van der Waals surface area contributed by atoms with Gasteiger partial charge in [-0.3, -0.25) is 0 Å². The third-order valence-electron chi connectivity index (χ3n) is 3.50. The van der Waals surface area contributed by atoms with Crippen molar-refractivity contribution in [2.24, 2.45) is 0 Å². The maximum Gasteiger partial charge on any atom is 0.0981 e. The van der Waals surface area contributed by atoms with Crippen molar-refractivity contribution in [2.75, 3.05) is 6.54 Å². The molecule has 0 fully saturated rings. The molecule has 1 aliphatic carbocycles. The van der Waals surface area contributed by atoms with Crippen LogP contribution in [0.1, 0.15) is 62.8 Å². The quantitative estimate of drug-likeness (QED) is 0.637. The van der Waals surface area contributed by atoms with E-state index in [9.17, 15) is 0 Å². The van der Waals surface area contributed by atoms with E-state index in [4.69, 9.17) is 0 Å². The molecular formula is C16H26N2S. The molecule has 0 atom stereocenters. The maximum absolute atomic E-state index is 4.52. The largest absolute Gasteiger partial charge is 0.311 e. The lowest BCUT2D eigenvalue weighted by Gasteiger charge is -2.13. The molecule has 19 heavy (non-hydrogen) atoms. The van der Waals surface area contributed by atoms with E-state index in [0.717, 1.165) is 13.1 Å². The molecule has 0 saturated carbocycles. The smallest absolute Gasteiger partial charge is 0.0981 e. The number of nitrogens with one attached hydrogen (secondary N) is 1. The predicted octanol–water partition coefficient (Wildman–Crippen LogP) is 4.42. The standard InChI is InChI=1S/C16H26N2S/c1-16(2,3)15-18-12-14(19-15)11-17-10-9-13-7-5-4-6-8-13/h7,12,17H,4-6,8-11H2,1-3H3. The van der Waals surface area contributed by atoms with Gasteiger partial charge in [0.2, 0.25) is 0 Å². The number of nitrogens with zero attached hydrogens (tertiary/aromatic N) is 1.